The van der Waals surface area contributed by atoms with Crippen molar-refractivity contribution < 1.29 is 14.7 Å². The van der Waals surface area contributed by atoms with Crippen LogP contribution >= 0.6 is 0 Å². The first-order chi connectivity index (χ1) is 7.25. The van der Waals surface area contributed by atoms with Crippen LogP contribution in [-0.2, 0) is 9.94 Å². The third-order valence-electron chi connectivity index (χ3n) is 1.90. The second-order valence-corrected chi connectivity index (χ2v) is 3.13. The molecule has 1 aromatic carbocycles. The van der Waals surface area contributed by atoms with Gasteiger partial charge in [0.25, 0.3) is 5.91 Å². The second kappa shape index (κ2) is 6.03. The van der Waals surface area contributed by atoms with Gasteiger partial charge in [-0.1, -0.05) is 25.5 Å². The highest BCUT2D eigenvalue weighted by atomic mass is 16.6. The molecule has 0 atom stereocenters. The molecule has 0 spiro atoms. The van der Waals surface area contributed by atoms with Gasteiger partial charge in [0.1, 0.15) is 0 Å². The molecular weight excluding hydrogens is 194 g/mol. The molecule has 0 saturated heterocycles. The van der Waals surface area contributed by atoms with E-state index in [1.807, 2.05) is 6.92 Å². The van der Waals surface area contributed by atoms with E-state index in [-0.39, 0.29) is 11.3 Å². The van der Waals surface area contributed by atoms with Crippen molar-refractivity contribution >= 4 is 5.91 Å². The number of carbonyl (C=O) groups excluding carboxylic acids is 1. The van der Waals surface area contributed by atoms with Crippen LogP contribution in [0, 0.1) is 0 Å². The molecule has 0 fully saturated rings. The lowest BCUT2D eigenvalue weighted by Gasteiger charge is -2.05. The largest absolute Gasteiger partial charge is 0.289 e. The topological polar surface area (TPSA) is 58.2 Å². The number of hydrogen-bond donors (Lipinski definition) is 1. The normalized spacial score (nSPS) is 9.93. The minimum Gasteiger partial charge on any atom is -0.289 e. The summed E-state index contributed by atoms with van der Waals surface area (Å²) in [4.78, 5) is 16.3. The Morgan fingerprint density at radius 3 is 2.80 bits per heavy atom. The zero-order valence-electron chi connectivity index (χ0n) is 8.66. The molecule has 0 aliphatic heterocycles. The lowest BCUT2D eigenvalue weighted by molar-refractivity contribution is 0.0298. The van der Waals surface area contributed by atoms with E-state index in [2.05, 4.69) is 5.48 Å². The molecule has 1 radical (unpaired) electrons. The Morgan fingerprint density at radius 1 is 1.40 bits per heavy atom. The summed E-state index contributed by atoms with van der Waals surface area (Å²) in [6.07, 6.45) is 1.87. The highest BCUT2D eigenvalue weighted by Gasteiger charge is 2.10. The van der Waals surface area contributed by atoms with E-state index >= 15 is 0 Å². The number of unbranched alkanes of at least 4 members (excludes halogenated alkanes) is 1. The number of rotatable bonds is 5. The van der Waals surface area contributed by atoms with E-state index in [1.165, 1.54) is 12.1 Å². The molecule has 81 valence electrons. The van der Waals surface area contributed by atoms with Gasteiger partial charge in [0.2, 0.25) is 0 Å². The summed E-state index contributed by atoms with van der Waals surface area (Å²) in [5.41, 5.74) is 2.34. The first-order valence-corrected chi connectivity index (χ1v) is 4.94. The number of amides is 1. The molecule has 0 aliphatic rings. The zero-order chi connectivity index (χ0) is 11.1. The van der Waals surface area contributed by atoms with Crippen molar-refractivity contribution in [3.05, 3.63) is 29.8 Å². The maximum Gasteiger partial charge on any atom is 0.278 e. The van der Waals surface area contributed by atoms with Crippen LogP contribution in [0.25, 0.3) is 0 Å². The third-order valence-corrected chi connectivity index (χ3v) is 1.90. The molecule has 4 heteroatoms. The van der Waals surface area contributed by atoms with E-state index < -0.39 is 5.91 Å². The number of para-hydroxylation sites is 1. The van der Waals surface area contributed by atoms with Gasteiger partial charge in [-0.2, -0.15) is 0 Å². The van der Waals surface area contributed by atoms with Crippen molar-refractivity contribution in [1.29, 1.82) is 0 Å². The standard InChI is InChI=1S/C11H14NO3/c1-2-3-8-15-12-11(14)9-6-4-5-7-10(9)13/h4-7H,2-3,8H2,1H3,(H,12,14). The highest BCUT2D eigenvalue weighted by Crippen LogP contribution is 2.15. The first-order valence-electron chi connectivity index (χ1n) is 4.94. The molecule has 0 aromatic heterocycles. The fourth-order valence-corrected chi connectivity index (χ4v) is 1.04. The van der Waals surface area contributed by atoms with Crippen LogP contribution in [0.15, 0.2) is 24.3 Å². The monoisotopic (exact) mass is 208 g/mol. The Bertz CT molecular complexity index is 325. The SMILES string of the molecule is CCCCONC(=O)c1ccccc1[O]. The molecule has 0 aliphatic carbocycles. The van der Waals surface area contributed by atoms with Crippen LogP contribution < -0.4 is 5.48 Å². The average molecular weight is 208 g/mol. The van der Waals surface area contributed by atoms with Crippen LogP contribution in [0.5, 0.6) is 5.75 Å². The van der Waals surface area contributed by atoms with E-state index in [0.29, 0.717) is 6.61 Å². The summed E-state index contributed by atoms with van der Waals surface area (Å²) in [5, 5.41) is 11.2. The molecule has 1 N–H and O–H groups in total. The molecule has 0 saturated carbocycles. The maximum atomic E-state index is 11.4. The van der Waals surface area contributed by atoms with Crippen LogP contribution in [0.2, 0.25) is 0 Å². The lowest BCUT2D eigenvalue weighted by atomic mass is 10.2. The molecule has 1 aromatic rings. The Hall–Kier alpha value is -1.55. The van der Waals surface area contributed by atoms with Crippen LogP contribution in [0.4, 0.5) is 0 Å². The fraction of sp³-hybridized carbons (Fsp3) is 0.364. The van der Waals surface area contributed by atoms with Crippen LogP contribution in [-0.4, -0.2) is 12.5 Å². The summed E-state index contributed by atoms with van der Waals surface area (Å²) in [6.45, 7) is 2.49. The third kappa shape index (κ3) is 3.59. The van der Waals surface area contributed by atoms with Gasteiger partial charge >= 0.3 is 0 Å². The van der Waals surface area contributed by atoms with Crippen molar-refractivity contribution in [3.8, 4) is 5.75 Å². The summed E-state index contributed by atoms with van der Waals surface area (Å²) in [7, 11) is 0. The molecule has 1 amide bonds. The van der Waals surface area contributed by atoms with Crippen LogP contribution in [0.3, 0.4) is 0 Å². The second-order valence-electron chi connectivity index (χ2n) is 3.13. The number of hydrogen-bond acceptors (Lipinski definition) is 2. The van der Waals surface area contributed by atoms with E-state index in [9.17, 15) is 9.90 Å². The van der Waals surface area contributed by atoms with Gasteiger partial charge < -0.3 is 0 Å². The first kappa shape index (κ1) is 11.5. The predicted molar refractivity (Wildman–Crippen MR) is 54.9 cm³/mol. The van der Waals surface area contributed by atoms with Gasteiger partial charge in [0.15, 0.2) is 5.75 Å². The molecule has 0 bridgehead atoms. The Balaban J connectivity index is 2.44. The molecule has 0 heterocycles. The molecule has 4 nitrogen and oxygen atoms in total. The molecule has 0 unspecified atom stereocenters. The van der Waals surface area contributed by atoms with Crippen molar-refractivity contribution in [2.24, 2.45) is 0 Å². The molecule has 15 heavy (non-hydrogen) atoms. The van der Waals surface area contributed by atoms with Gasteiger partial charge in [-0.05, 0) is 18.6 Å². The Kier molecular flexibility index (Phi) is 4.63. The van der Waals surface area contributed by atoms with E-state index in [0.717, 1.165) is 12.8 Å². The summed E-state index contributed by atoms with van der Waals surface area (Å²) in [5.74, 6) is -0.786. The minimum atomic E-state index is -0.489. The smallest absolute Gasteiger partial charge is 0.278 e. The fourth-order valence-electron chi connectivity index (χ4n) is 1.04. The maximum absolute atomic E-state index is 11.4. The van der Waals surface area contributed by atoms with Crippen LogP contribution in [0.1, 0.15) is 30.1 Å². The summed E-state index contributed by atoms with van der Waals surface area (Å²) < 4.78 is 0. The predicted octanol–water partition coefficient (Wildman–Crippen LogP) is 2.29. The average Bonchev–Trinajstić information content (AvgIpc) is 2.25. The van der Waals surface area contributed by atoms with Crippen molar-refractivity contribution in [1.82, 2.24) is 5.48 Å². The van der Waals surface area contributed by atoms with E-state index in [4.69, 9.17) is 4.84 Å². The Morgan fingerprint density at radius 2 is 2.13 bits per heavy atom. The minimum absolute atomic E-state index is 0.106. The van der Waals surface area contributed by atoms with Gasteiger partial charge in [0.05, 0.1) is 12.2 Å². The highest BCUT2D eigenvalue weighted by molar-refractivity contribution is 5.95. The Labute approximate surface area is 88.8 Å². The zero-order valence-corrected chi connectivity index (χ0v) is 8.66. The number of hydroxylamine groups is 1. The number of benzene rings is 1. The van der Waals surface area contributed by atoms with Gasteiger partial charge in [-0.3, -0.25) is 14.7 Å². The van der Waals surface area contributed by atoms with Crippen molar-refractivity contribution in [2.75, 3.05) is 6.61 Å². The molecular formula is C11H14NO3. The number of nitrogens with one attached hydrogen (secondary N) is 1. The van der Waals surface area contributed by atoms with Crippen molar-refractivity contribution in [2.45, 2.75) is 19.8 Å². The van der Waals surface area contributed by atoms with Gasteiger partial charge in [-0.25, -0.2) is 5.48 Å². The summed E-state index contributed by atoms with van der Waals surface area (Å²) >= 11 is 0. The van der Waals surface area contributed by atoms with Gasteiger partial charge in [0, 0.05) is 0 Å². The molecule has 1 rings (SSSR count). The number of carbonyl (C=O) groups is 1. The summed E-state index contributed by atoms with van der Waals surface area (Å²) in [6, 6.07) is 6.06. The van der Waals surface area contributed by atoms with Gasteiger partial charge in [-0.15, -0.1) is 0 Å². The van der Waals surface area contributed by atoms with E-state index in [1.54, 1.807) is 12.1 Å². The quantitative estimate of drug-likeness (QED) is 0.596. The lowest BCUT2D eigenvalue weighted by Crippen LogP contribution is -2.24. The van der Waals surface area contributed by atoms with Crippen molar-refractivity contribution in [3.63, 3.8) is 0 Å².